The van der Waals surface area contributed by atoms with Crippen LogP contribution in [-0.4, -0.2) is 42.2 Å². The van der Waals surface area contributed by atoms with Crippen LogP contribution in [0.4, 0.5) is 0 Å². The van der Waals surface area contributed by atoms with Crippen LogP contribution in [0.15, 0.2) is 30.3 Å². The molecule has 0 spiro atoms. The Labute approximate surface area is 144 Å². The zero-order valence-corrected chi connectivity index (χ0v) is 15.5. The highest BCUT2D eigenvalue weighted by Crippen LogP contribution is 2.38. The lowest BCUT2D eigenvalue weighted by Crippen LogP contribution is -2.36. The number of esters is 1. The van der Waals surface area contributed by atoms with E-state index in [1.54, 1.807) is 0 Å². The Balaban J connectivity index is 2.08. The van der Waals surface area contributed by atoms with Crippen LogP contribution < -0.4 is 0 Å². The number of carbonyl (C=O) groups excluding carboxylic acids is 1. The van der Waals surface area contributed by atoms with Gasteiger partial charge < -0.3 is 9.64 Å². The van der Waals surface area contributed by atoms with Gasteiger partial charge in [-0.3, -0.25) is 4.79 Å². The molecule has 1 unspecified atom stereocenters. The Hall–Kier alpha value is -1.43. The molecule has 1 aromatic rings. The summed E-state index contributed by atoms with van der Waals surface area (Å²) in [4.78, 5) is 25.3. The van der Waals surface area contributed by atoms with Crippen molar-refractivity contribution in [1.82, 2.24) is 4.90 Å². The van der Waals surface area contributed by atoms with Crippen LogP contribution in [0, 0.1) is 0 Å². The highest BCUT2D eigenvalue weighted by molar-refractivity contribution is 5.71. The minimum Gasteiger partial charge on any atom is -0.456 e. The maximum Gasteiger partial charge on any atom is 0.309 e. The number of ether oxygens (including phenoxy) is 1. The van der Waals surface area contributed by atoms with Crippen molar-refractivity contribution in [3.05, 3.63) is 35.9 Å². The summed E-state index contributed by atoms with van der Waals surface area (Å²) < 4.78 is 5.84. The van der Waals surface area contributed by atoms with Gasteiger partial charge in [-0.25, -0.2) is 9.78 Å². The van der Waals surface area contributed by atoms with E-state index >= 15 is 0 Å². The molecule has 5 nitrogen and oxygen atoms in total. The minimum atomic E-state index is -0.650. The molecular formula is C19H29NO4. The van der Waals surface area contributed by atoms with Crippen LogP contribution in [-0.2, 0) is 19.3 Å². The topological polar surface area (TPSA) is 48.0 Å². The molecule has 0 radical (unpaired) electrons. The van der Waals surface area contributed by atoms with Gasteiger partial charge in [-0.2, -0.15) is 0 Å². The van der Waals surface area contributed by atoms with Crippen LogP contribution in [0.25, 0.3) is 0 Å². The molecule has 2 rings (SSSR count). The molecular weight excluding hydrogens is 306 g/mol. The first-order valence-electron chi connectivity index (χ1n) is 8.40. The number of nitrogens with zero attached hydrogens (tertiary/aromatic N) is 1. The Morgan fingerprint density at radius 1 is 1.21 bits per heavy atom. The average molecular weight is 335 g/mol. The van der Waals surface area contributed by atoms with Gasteiger partial charge in [0, 0.05) is 12.5 Å². The zero-order chi connectivity index (χ0) is 18.0. The minimum absolute atomic E-state index is 0.0568. The van der Waals surface area contributed by atoms with Gasteiger partial charge in [0.25, 0.3) is 0 Å². The molecule has 1 aromatic carbocycles. The third-order valence-electron chi connectivity index (χ3n) is 4.43. The lowest BCUT2D eigenvalue weighted by Gasteiger charge is -2.30. The van der Waals surface area contributed by atoms with Crippen LogP contribution >= 0.6 is 0 Å². The first kappa shape index (κ1) is 18.9. The lowest BCUT2D eigenvalue weighted by atomic mass is 9.89. The Kier molecular flexibility index (Phi) is 5.68. The Morgan fingerprint density at radius 3 is 2.33 bits per heavy atom. The van der Waals surface area contributed by atoms with Gasteiger partial charge in [-0.15, -0.1) is 0 Å². The molecule has 0 bridgehead atoms. The summed E-state index contributed by atoms with van der Waals surface area (Å²) in [6.07, 6.45) is 0.487. The van der Waals surface area contributed by atoms with Crippen molar-refractivity contribution in [2.45, 2.75) is 63.9 Å². The third-order valence-corrected chi connectivity index (χ3v) is 4.43. The summed E-state index contributed by atoms with van der Waals surface area (Å²) in [5.74, 6) is -0.277. The van der Waals surface area contributed by atoms with Crippen LogP contribution in [0.5, 0.6) is 0 Å². The molecule has 134 valence electrons. The summed E-state index contributed by atoms with van der Waals surface area (Å²) in [7, 11) is 3.96. The number of benzene rings is 1. The standard InChI is InChI=1S/C19H29NO4/c1-14(20(5)6)17(15-10-8-7-9-11-15)22-16(21)12-19(4)13-18(2,3)23-24-19/h7-11,14,17H,12-13H2,1-6H3/t14-,17-,19?/m0/s1. The van der Waals surface area contributed by atoms with Crippen molar-refractivity contribution in [2.24, 2.45) is 0 Å². The number of hydrogen-bond donors (Lipinski definition) is 0. The van der Waals surface area contributed by atoms with Gasteiger partial charge in [0.1, 0.15) is 17.3 Å². The fraction of sp³-hybridized carbons (Fsp3) is 0.632. The van der Waals surface area contributed by atoms with Crippen molar-refractivity contribution < 1.29 is 19.3 Å². The summed E-state index contributed by atoms with van der Waals surface area (Å²) in [5.41, 5.74) is -0.0466. The number of likely N-dealkylation sites (N-methyl/N-ethyl adjacent to an activating group) is 1. The van der Waals surface area contributed by atoms with Crippen molar-refractivity contribution in [3.63, 3.8) is 0 Å². The van der Waals surface area contributed by atoms with Gasteiger partial charge in [0.2, 0.25) is 0 Å². The van der Waals surface area contributed by atoms with E-state index in [9.17, 15) is 4.79 Å². The quantitative estimate of drug-likeness (QED) is 0.588. The summed E-state index contributed by atoms with van der Waals surface area (Å²) >= 11 is 0. The van der Waals surface area contributed by atoms with Gasteiger partial charge in [-0.05, 0) is 47.4 Å². The van der Waals surface area contributed by atoms with Crippen molar-refractivity contribution in [1.29, 1.82) is 0 Å². The maximum atomic E-state index is 12.5. The van der Waals surface area contributed by atoms with E-state index in [0.717, 1.165) is 5.56 Å². The largest absolute Gasteiger partial charge is 0.456 e. The highest BCUT2D eigenvalue weighted by atomic mass is 17.2. The second kappa shape index (κ2) is 7.21. The van der Waals surface area contributed by atoms with E-state index in [0.29, 0.717) is 6.42 Å². The zero-order valence-electron chi connectivity index (χ0n) is 15.5. The van der Waals surface area contributed by atoms with E-state index in [1.807, 2.05) is 77.0 Å². The van der Waals surface area contributed by atoms with Crippen LogP contribution in [0.3, 0.4) is 0 Å². The normalized spacial score (nSPS) is 25.5. The van der Waals surface area contributed by atoms with E-state index < -0.39 is 5.60 Å². The molecule has 0 N–H and O–H groups in total. The SMILES string of the molecule is C[C@@H]([C@H](OC(=O)CC1(C)CC(C)(C)OO1)c1ccccc1)N(C)C. The summed E-state index contributed by atoms with van der Waals surface area (Å²) in [5, 5.41) is 0. The fourth-order valence-corrected chi connectivity index (χ4v) is 3.11. The molecule has 1 saturated heterocycles. The van der Waals surface area contributed by atoms with Crippen molar-refractivity contribution in [3.8, 4) is 0 Å². The number of hydrogen-bond acceptors (Lipinski definition) is 5. The molecule has 0 aliphatic carbocycles. The van der Waals surface area contributed by atoms with Gasteiger partial charge in [-0.1, -0.05) is 30.3 Å². The number of rotatable bonds is 6. The fourth-order valence-electron chi connectivity index (χ4n) is 3.11. The van der Waals surface area contributed by atoms with Crippen molar-refractivity contribution in [2.75, 3.05) is 14.1 Å². The lowest BCUT2D eigenvalue weighted by molar-refractivity contribution is -0.341. The molecule has 1 aliphatic heterocycles. The van der Waals surface area contributed by atoms with Crippen molar-refractivity contribution >= 4 is 5.97 Å². The predicted octanol–water partition coefficient (Wildman–Crippen LogP) is 3.50. The first-order chi connectivity index (χ1) is 11.1. The second-order valence-electron chi connectivity index (χ2n) is 7.76. The first-order valence-corrected chi connectivity index (χ1v) is 8.40. The smallest absolute Gasteiger partial charge is 0.309 e. The molecule has 0 saturated carbocycles. The van der Waals surface area contributed by atoms with E-state index in [2.05, 4.69) is 0 Å². The Morgan fingerprint density at radius 2 is 1.83 bits per heavy atom. The van der Waals surface area contributed by atoms with E-state index in [-0.39, 0.29) is 30.1 Å². The van der Waals surface area contributed by atoms with Gasteiger partial charge in [0.15, 0.2) is 0 Å². The van der Waals surface area contributed by atoms with Gasteiger partial charge in [0.05, 0.1) is 6.42 Å². The summed E-state index contributed by atoms with van der Waals surface area (Å²) in [6.45, 7) is 7.83. The van der Waals surface area contributed by atoms with Crippen LogP contribution in [0.1, 0.15) is 52.2 Å². The maximum absolute atomic E-state index is 12.5. The summed E-state index contributed by atoms with van der Waals surface area (Å²) in [6, 6.07) is 9.89. The highest BCUT2D eigenvalue weighted by Gasteiger charge is 2.45. The molecule has 0 amide bonds. The second-order valence-corrected chi connectivity index (χ2v) is 7.76. The van der Waals surface area contributed by atoms with Crippen LogP contribution in [0.2, 0.25) is 0 Å². The van der Waals surface area contributed by atoms with Gasteiger partial charge >= 0.3 is 5.97 Å². The predicted molar refractivity (Wildman–Crippen MR) is 92.3 cm³/mol. The molecule has 1 fully saturated rings. The van der Waals surface area contributed by atoms with E-state index in [1.165, 1.54) is 0 Å². The molecule has 1 heterocycles. The molecule has 1 aliphatic rings. The Bertz CT molecular complexity index is 558. The van der Waals surface area contributed by atoms with E-state index in [4.69, 9.17) is 14.5 Å². The number of carbonyl (C=O) groups is 1. The monoisotopic (exact) mass is 335 g/mol. The molecule has 5 heteroatoms. The molecule has 0 aromatic heterocycles. The molecule has 3 atom stereocenters. The molecule has 24 heavy (non-hydrogen) atoms. The third kappa shape index (κ3) is 4.79. The average Bonchev–Trinajstić information content (AvgIpc) is 2.78.